The highest BCUT2D eigenvalue weighted by Crippen LogP contribution is 2.23. The van der Waals surface area contributed by atoms with Gasteiger partial charge in [-0.15, -0.1) is 0 Å². The normalized spacial score (nSPS) is 9.95. The van der Waals surface area contributed by atoms with Crippen molar-refractivity contribution < 1.29 is 14.6 Å². The van der Waals surface area contributed by atoms with Crippen LogP contribution in [0.3, 0.4) is 0 Å². The Morgan fingerprint density at radius 1 is 1.37 bits per heavy atom. The number of pyridine rings is 1. The van der Waals surface area contributed by atoms with E-state index in [0.717, 1.165) is 5.56 Å². The van der Waals surface area contributed by atoms with Crippen LogP contribution >= 0.6 is 0 Å². The number of aromatic nitrogens is 1. The lowest BCUT2D eigenvalue weighted by atomic mass is 10.2. The van der Waals surface area contributed by atoms with Crippen molar-refractivity contribution >= 4 is 11.8 Å². The van der Waals surface area contributed by atoms with Crippen molar-refractivity contribution in [2.45, 2.75) is 6.61 Å². The van der Waals surface area contributed by atoms with Crippen molar-refractivity contribution in [1.29, 1.82) is 0 Å². The Morgan fingerprint density at radius 3 is 2.74 bits per heavy atom. The summed E-state index contributed by atoms with van der Waals surface area (Å²) in [7, 11) is 0. The fourth-order valence-electron chi connectivity index (χ4n) is 1.52. The van der Waals surface area contributed by atoms with E-state index in [1.54, 1.807) is 0 Å². The fourth-order valence-corrected chi connectivity index (χ4v) is 1.52. The van der Waals surface area contributed by atoms with Gasteiger partial charge in [-0.05, 0) is 5.56 Å². The third kappa shape index (κ3) is 3.20. The molecule has 0 aliphatic heterocycles. The van der Waals surface area contributed by atoms with Crippen molar-refractivity contribution in [3.63, 3.8) is 0 Å². The van der Waals surface area contributed by atoms with Gasteiger partial charge in [-0.2, -0.15) is 0 Å². The zero-order chi connectivity index (χ0) is 13.7. The van der Waals surface area contributed by atoms with Gasteiger partial charge in [0.15, 0.2) is 11.6 Å². The number of carboxylic acid groups (broad SMARTS) is 1. The predicted molar refractivity (Wildman–Crippen MR) is 69.8 cm³/mol. The van der Waals surface area contributed by atoms with E-state index in [1.165, 1.54) is 12.3 Å². The van der Waals surface area contributed by atoms with Crippen LogP contribution in [0.25, 0.3) is 0 Å². The molecule has 1 heterocycles. The van der Waals surface area contributed by atoms with Gasteiger partial charge >= 0.3 is 5.97 Å². The number of hydrogen-bond donors (Lipinski definition) is 3. The van der Waals surface area contributed by atoms with Gasteiger partial charge in [0.2, 0.25) is 0 Å². The van der Waals surface area contributed by atoms with Gasteiger partial charge in [0.05, 0.1) is 5.56 Å². The van der Waals surface area contributed by atoms with Crippen LogP contribution in [0.1, 0.15) is 15.9 Å². The number of ether oxygens (including phenoxy) is 1. The maximum absolute atomic E-state index is 10.9. The largest absolute Gasteiger partial charge is 0.485 e. The second kappa shape index (κ2) is 5.83. The molecular weight excluding hydrogens is 246 g/mol. The maximum Gasteiger partial charge on any atom is 0.337 e. The van der Waals surface area contributed by atoms with Crippen LogP contribution in [0.5, 0.6) is 5.75 Å². The number of nitrogens with one attached hydrogen (secondary N) is 1. The summed E-state index contributed by atoms with van der Waals surface area (Å²) in [5, 5.41) is 8.91. The predicted octanol–water partition coefficient (Wildman–Crippen LogP) is 1.64. The first kappa shape index (κ1) is 12.8. The minimum absolute atomic E-state index is 0.0436. The number of nitrogens with zero attached hydrogens (tertiary/aromatic N) is 1. The topological polar surface area (TPSA) is 97.5 Å². The number of hydrogen-bond acceptors (Lipinski definition) is 5. The first-order valence-corrected chi connectivity index (χ1v) is 5.57. The van der Waals surface area contributed by atoms with Crippen molar-refractivity contribution in [2.24, 2.45) is 5.84 Å². The first-order valence-electron chi connectivity index (χ1n) is 5.57. The zero-order valence-electron chi connectivity index (χ0n) is 10.0. The van der Waals surface area contributed by atoms with Gasteiger partial charge in [-0.1, -0.05) is 30.3 Å². The monoisotopic (exact) mass is 259 g/mol. The molecule has 0 bridgehead atoms. The molecule has 2 aromatic rings. The van der Waals surface area contributed by atoms with E-state index >= 15 is 0 Å². The molecule has 2 rings (SSSR count). The molecule has 0 unspecified atom stereocenters. The lowest BCUT2D eigenvalue weighted by Crippen LogP contribution is -2.12. The number of anilines is 1. The van der Waals surface area contributed by atoms with Crippen LogP contribution in [-0.2, 0) is 6.61 Å². The van der Waals surface area contributed by atoms with Gasteiger partial charge in [0, 0.05) is 12.3 Å². The molecule has 1 aromatic heterocycles. The highest BCUT2D eigenvalue weighted by Gasteiger charge is 2.10. The van der Waals surface area contributed by atoms with Crippen LogP contribution in [0.4, 0.5) is 5.82 Å². The van der Waals surface area contributed by atoms with E-state index in [2.05, 4.69) is 10.4 Å². The summed E-state index contributed by atoms with van der Waals surface area (Å²) in [4.78, 5) is 14.8. The van der Waals surface area contributed by atoms with Gasteiger partial charge in [0.1, 0.15) is 6.61 Å². The van der Waals surface area contributed by atoms with E-state index < -0.39 is 5.97 Å². The van der Waals surface area contributed by atoms with Gasteiger partial charge < -0.3 is 15.3 Å². The Morgan fingerprint density at radius 2 is 2.11 bits per heavy atom. The first-order chi connectivity index (χ1) is 9.20. The van der Waals surface area contributed by atoms with Crippen LogP contribution in [0.2, 0.25) is 0 Å². The van der Waals surface area contributed by atoms with E-state index in [1.807, 2.05) is 30.3 Å². The molecule has 0 atom stereocenters. The standard InChI is InChI=1S/C13H13N3O3/c14-16-12-11(6-10(7-15-12)13(17)18)19-8-9-4-2-1-3-5-9/h1-7H,8,14H2,(H,15,16)(H,17,18). The summed E-state index contributed by atoms with van der Waals surface area (Å²) in [5.74, 6) is 4.83. The number of carboxylic acids is 1. The Hall–Kier alpha value is -2.60. The number of carbonyl (C=O) groups is 1. The van der Waals surface area contributed by atoms with Gasteiger partial charge in [-0.3, -0.25) is 0 Å². The molecule has 0 aliphatic rings. The van der Waals surface area contributed by atoms with Gasteiger partial charge in [0.25, 0.3) is 0 Å². The molecule has 0 amide bonds. The number of hydrazine groups is 1. The fraction of sp³-hybridized carbons (Fsp3) is 0.0769. The van der Waals surface area contributed by atoms with Crippen molar-refractivity contribution in [3.8, 4) is 5.75 Å². The van der Waals surface area contributed by atoms with E-state index in [0.29, 0.717) is 18.2 Å². The number of aromatic carboxylic acids is 1. The molecule has 0 aliphatic carbocycles. The summed E-state index contributed by atoms with van der Waals surface area (Å²) in [6, 6.07) is 10.9. The second-order valence-corrected chi connectivity index (χ2v) is 3.79. The van der Waals surface area contributed by atoms with E-state index in [4.69, 9.17) is 15.7 Å². The Kier molecular flexibility index (Phi) is 3.94. The summed E-state index contributed by atoms with van der Waals surface area (Å²) < 4.78 is 5.54. The SMILES string of the molecule is NNc1ncc(C(=O)O)cc1OCc1ccccc1. The molecule has 0 spiro atoms. The molecule has 98 valence electrons. The number of nitrogen functional groups attached to an aromatic ring is 1. The number of benzene rings is 1. The molecule has 0 radical (unpaired) electrons. The average molecular weight is 259 g/mol. The van der Waals surface area contributed by atoms with Crippen LogP contribution in [0.15, 0.2) is 42.6 Å². The van der Waals surface area contributed by atoms with Crippen LogP contribution in [-0.4, -0.2) is 16.1 Å². The van der Waals surface area contributed by atoms with Gasteiger partial charge in [-0.25, -0.2) is 15.6 Å². The molecule has 19 heavy (non-hydrogen) atoms. The average Bonchev–Trinajstić information content (AvgIpc) is 2.45. The van der Waals surface area contributed by atoms with Crippen molar-refractivity contribution in [1.82, 2.24) is 4.98 Å². The smallest absolute Gasteiger partial charge is 0.337 e. The van der Waals surface area contributed by atoms with E-state index in [9.17, 15) is 4.79 Å². The molecule has 1 aromatic carbocycles. The van der Waals surface area contributed by atoms with Crippen molar-refractivity contribution in [3.05, 3.63) is 53.7 Å². The molecule has 4 N–H and O–H groups in total. The minimum Gasteiger partial charge on any atom is -0.485 e. The molecule has 6 heteroatoms. The zero-order valence-corrected chi connectivity index (χ0v) is 10.0. The lowest BCUT2D eigenvalue weighted by molar-refractivity contribution is 0.0696. The molecule has 6 nitrogen and oxygen atoms in total. The summed E-state index contributed by atoms with van der Waals surface area (Å²) in [6.45, 7) is 0.306. The minimum atomic E-state index is -1.07. The molecule has 0 saturated heterocycles. The number of nitrogens with two attached hydrogens (primary N) is 1. The molecular formula is C13H13N3O3. The Labute approximate surface area is 109 Å². The van der Waals surface area contributed by atoms with E-state index in [-0.39, 0.29) is 5.56 Å². The second-order valence-electron chi connectivity index (χ2n) is 3.79. The quantitative estimate of drug-likeness (QED) is 0.558. The molecule has 0 saturated carbocycles. The highest BCUT2D eigenvalue weighted by atomic mass is 16.5. The molecule has 0 fully saturated rings. The summed E-state index contributed by atoms with van der Waals surface area (Å²) in [6.07, 6.45) is 1.22. The van der Waals surface area contributed by atoms with Crippen molar-refractivity contribution in [2.75, 3.05) is 5.43 Å². The Balaban J connectivity index is 2.18. The van der Waals surface area contributed by atoms with Crippen LogP contribution < -0.4 is 16.0 Å². The summed E-state index contributed by atoms with van der Waals surface area (Å²) in [5.41, 5.74) is 3.38. The summed E-state index contributed by atoms with van der Waals surface area (Å²) >= 11 is 0. The van der Waals surface area contributed by atoms with Crippen LogP contribution in [0, 0.1) is 0 Å². The maximum atomic E-state index is 10.9. The lowest BCUT2D eigenvalue weighted by Gasteiger charge is -2.10. The highest BCUT2D eigenvalue weighted by molar-refractivity contribution is 5.88. The Bertz CT molecular complexity index is 573. The number of rotatable bonds is 5. The third-order valence-electron chi connectivity index (χ3n) is 2.47. The third-order valence-corrected chi connectivity index (χ3v) is 2.47.